The highest BCUT2D eigenvalue weighted by atomic mass is 16.2. The third-order valence-electron chi connectivity index (χ3n) is 3.40. The van der Waals surface area contributed by atoms with Crippen LogP contribution in [-0.4, -0.2) is 15.3 Å². The number of benzene rings is 1. The first-order chi connectivity index (χ1) is 9.88. The number of rotatable bonds is 4. The summed E-state index contributed by atoms with van der Waals surface area (Å²) < 4.78 is 1.22. The second-order valence-corrected chi connectivity index (χ2v) is 5.40. The van der Waals surface area contributed by atoms with Gasteiger partial charge in [0.1, 0.15) is 0 Å². The van der Waals surface area contributed by atoms with Crippen LogP contribution < -0.4 is 11.2 Å². The molecule has 2 rings (SSSR count). The van der Waals surface area contributed by atoms with Gasteiger partial charge < -0.3 is 0 Å². The zero-order valence-electron chi connectivity index (χ0n) is 12.3. The summed E-state index contributed by atoms with van der Waals surface area (Å²) in [4.78, 5) is 37.3. The number of aromatic nitrogens is 2. The Bertz CT molecular complexity index is 767. The number of hydrogen-bond acceptors (Lipinski definition) is 3. The van der Waals surface area contributed by atoms with E-state index in [2.05, 4.69) is 18.8 Å². The molecule has 1 heterocycles. The molecule has 21 heavy (non-hydrogen) atoms. The van der Waals surface area contributed by atoms with Crippen molar-refractivity contribution >= 4 is 5.78 Å². The molecule has 5 heteroatoms. The Hall–Kier alpha value is -2.43. The highest BCUT2D eigenvalue weighted by molar-refractivity contribution is 5.95. The maximum atomic E-state index is 12.2. The van der Waals surface area contributed by atoms with Gasteiger partial charge in [-0.3, -0.25) is 19.1 Å². The molecule has 0 bridgehead atoms. The van der Waals surface area contributed by atoms with Gasteiger partial charge >= 0.3 is 5.69 Å². The predicted molar refractivity (Wildman–Crippen MR) is 80.9 cm³/mol. The Morgan fingerprint density at radius 3 is 2.38 bits per heavy atom. The smallest absolute Gasteiger partial charge is 0.293 e. The van der Waals surface area contributed by atoms with Gasteiger partial charge in [-0.2, -0.15) is 0 Å². The molecule has 0 aliphatic carbocycles. The molecule has 1 aromatic carbocycles. The van der Waals surface area contributed by atoms with Gasteiger partial charge in [-0.15, -0.1) is 0 Å². The van der Waals surface area contributed by atoms with Crippen molar-refractivity contribution in [3.8, 4) is 0 Å². The minimum Gasteiger partial charge on any atom is -0.293 e. The lowest BCUT2D eigenvalue weighted by molar-refractivity contribution is 0.0970. The number of ketones is 1. The van der Waals surface area contributed by atoms with Crippen LogP contribution in [0.4, 0.5) is 0 Å². The molecular formula is C16H18N2O3. The molecule has 0 fully saturated rings. The highest BCUT2D eigenvalue weighted by Gasteiger charge is 2.10. The molecule has 0 aliphatic rings. The predicted octanol–water partition coefficient (Wildman–Crippen LogP) is 1.85. The van der Waals surface area contributed by atoms with Crippen LogP contribution in [0.2, 0.25) is 0 Å². The van der Waals surface area contributed by atoms with Gasteiger partial charge in [0.2, 0.25) is 0 Å². The van der Waals surface area contributed by atoms with Gasteiger partial charge in [0.25, 0.3) is 5.56 Å². The van der Waals surface area contributed by atoms with E-state index >= 15 is 0 Å². The first kappa shape index (κ1) is 15.0. The number of nitrogens with one attached hydrogen (secondary N) is 1. The second kappa shape index (κ2) is 5.91. The summed E-state index contributed by atoms with van der Waals surface area (Å²) in [5.41, 5.74) is 1.11. The van der Waals surface area contributed by atoms with Gasteiger partial charge in [-0.05, 0) is 18.4 Å². The Labute approximate surface area is 122 Å². The molecule has 2 aromatic rings. The molecule has 5 nitrogen and oxygen atoms in total. The van der Waals surface area contributed by atoms with Gasteiger partial charge in [-0.1, -0.05) is 38.1 Å². The van der Waals surface area contributed by atoms with E-state index in [0.717, 1.165) is 5.56 Å². The Morgan fingerprint density at radius 2 is 1.81 bits per heavy atom. The average molecular weight is 286 g/mol. The van der Waals surface area contributed by atoms with Crippen LogP contribution in [0.3, 0.4) is 0 Å². The minimum absolute atomic E-state index is 0.0858. The third-order valence-corrected chi connectivity index (χ3v) is 3.40. The summed E-state index contributed by atoms with van der Waals surface area (Å²) in [5.74, 6) is 0.234. The zero-order valence-corrected chi connectivity index (χ0v) is 12.3. The standard InChI is InChI=1S/C16H18N2O3/c1-10(2)12-4-6-13(7-5-12)14(19)9-18-8-11(3)15(20)17-16(18)21/h4-8,10H,9H2,1-3H3,(H,17,20,21). The van der Waals surface area contributed by atoms with E-state index < -0.39 is 11.2 Å². The van der Waals surface area contributed by atoms with Crippen molar-refractivity contribution in [3.63, 3.8) is 0 Å². The van der Waals surface area contributed by atoms with Crippen molar-refractivity contribution in [2.24, 2.45) is 0 Å². The number of hydrogen-bond donors (Lipinski definition) is 1. The van der Waals surface area contributed by atoms with Gasteiger partial charge in [0, 0.05) is 17.3 Å². The molecule has 0 spiro atoms. The number of carbonyl (C=O) groups is 1. The van der Waals surface area contributed by atoms with Crippen molar-refractivity contribution in [2.75, 3.05) is 0 Å². The number of H-pyrrole nitrogens is 1. The largest absolute Gasteiger partial charge is 0.328 e. The van der Waals surface area contributed by atoms with Crippen LogP contribution in [-0.2, 0) is 6.54 Å². The zero-order chi connectivity index (χ0) is 15.6. The molecule has 0 saturated carbocycles. The average Bonchev–Trinajstić information content (AvgIpc) is 2.44. The van der Waals surface area contributed by atoms with E-state index in [1.54, 1.807) is 19.1 Å². The monoisotopic (exact) mass is 286 g/mol. The van der Waals surface area contributed by atoms with Gasteiger partial charge in [0.05, 0.1) is 6.54 Å². The maximum Gasteiger partial charge on any atom is 0.328 e. The minimum atomic E-state index is -0.572. The lowest BCUT2D eigenvalue weighted by Crippen LogP contribution is -2.32. The van der Waals surface area contributed by atoms with E-state index in [-0.39, 0.29) is 12.3 Å². The van der Waals surface area contributed by atoms with Crippen molar-refractivity contribution in [3.05, 3.63) is 68.0 Å². The fourth-order valence-electron chi connectivity index (χ4n) is 2.04. The maximum absolute atomic E-state index is 12.2. The fraction of sp³-hybridized carbons (Fsp3) is 0.312. The molecule has 0 radical (unpaired) electrons. The molecule has 1 N–H and O–H groups in total. The first-order valence-corrected chi connectivity index (χ1v) is 6.82. The molecular weight excluding hydrogens is 268 g/mol. The third kappa shape index (κ3) is 3.37. The number of carbonyl (C=O) groups excluding carboxylic acids is 1. The van der Waals surface area contributed by atoms with Gasteiger partial charge in [0.15, 0.2) is 5.78 Å². The van der Waals surface area contributed by atoms with E-state index in [4.69, 9.17) is 0 Å². The molecule has 0 atom stereocenters. The van der Waals surface area contributed by atoms with Crippen LogP contribution >= 0.6 is 0 Å². The SMILES string of the molecule is Cc1cn(CC(=O)c2ccc(C(C)C)cc2)c(=O)[nH]c1=O. The van der Waals surface area contributed by atoms with Crippen molar-refractivity contribution in [1.29, 1.82) is 0 Å². The first-order valence-electron chi connectivity index (χ1n) is 6.82. The van der Waals surface area contributed by atoms with Crippen molar-refractivity contribution in [1.82, 2.24) is 9.55 Å². The van der Waals surface area contributed by atoms with Crippen LogP contribution in [0.5, 0.6) is 0 Å². The van der Waals surface area contributed by atoms with E-state index in [1.165, 1.54) is 10.8 Å². The van der Waals surface area contributed by atoms with Crippen LogP contribution in [0.1, 0.15) is 41.3 Å². The van der Waals surface area contributed by atoms with Crippen LogP contribution in [0, 0.1) is 6.92 Å². The molecule has 0 aliphatic heterocycles. The van der Waals surface area contributed by atoms with E-state index in [1.807, 2.05) is 12.1 Å². The molecule has 1 aromatic heterocycles. The molecule has 0 saturated heterocycles. The Kier molecular flexibility index (Phi) is 4.21. The van der Waals surface area contributed by atoms with E-state index in [9.17, 15) is 14.4 Å². The number of nitrogens with zero attached hydrogens (tertiary/aromatic N) is 1. The van der Waals surface area contributed by atoms with Crippen LogP contribution in [0.25, 0.3) is 0 Å². The topological polar surface area (TPSA) is 71.9 Å². The summed E-state index contributed by atoms with van der Waals surface area (Å²) in [6, 6.07) is 7.36. The number of aromatic amines is 1. The van der Waals surface area contributed by atoms with Crippen molar-refractivity contribution in [2.45, 2.75) is 33.2 Å². The lowest BCUT2D eigenvalue weighted by Gasteiger charge is -2.08. The quantitative estimate of drug-likeness (QED) is 0.872. The highest BCUT2D eigenvalue weighted by Crippen LogP contribution is 2.15. The van der Waals surface area contributed by atoms with Crippen molar-refractivity contribution < 1.29 is 4.79 Å². The summed E-state index contributed by atoms with van der Waals surface area (Å²) in [5, 5.41) is 0. The van der Waals surface area contributed by atoms with Gasteiger partial charge in [-0.25, -0.2) is 4.79 Å². The van der Waals surface area contributed by atoms with Crippen LogP contribution in [0.15, 0.2) is 40.1 Å². The van der Waals surface area contributed by atoms with E-state index in [0.29, 0.717) is 17.0 Å². The summed E-state index contributed by atoms with van der Waals surface area (Å²) in [6.45, 7) is 5.67. The number of Topliss-reactive ketones (excluding diaryl/α,β-unsaturated/α-hetero) is 1. The lowest BCUT2D eigenvalue weighted by atomic mass is 10.0. The molecule has 0 unspecified atom stereocenters. The second-order valence-electron chi connectivity index (χ2n) is 5.40. The molecule has 110 valence electrons. The normalized spacial score (nSPS) is 10.9. The Balaban J connectivity index is 2.24. The summed E-state index contributed by atoms with van der Waals surface area (Å²) in [7, 11) is 0. The Morgan fingerprint density at radius 1 is 1.19 bits per heavy atom. The summed E-state index contributed by atoms with van der Waals surface area (Å²) >= 11 is 0. The summed E-state index contributed by atoms with van der Waals surface area (Å²) in [6.07, 6.45) is 1.40. The number of aryl methyl sites for hydroxylation is 1. The molecule has 0 amide bonds. The fourth-order valence-corrected chi connectivity index (χ4v) is 2.04.